The Bertz CT molecular complexity index is 327. The zero-order valence-electron chi connectivity index (χ0n) is 10.0. The van der Waals surface area contributed by atoms with E-state index in [1.54, 1.807) is 13.8 Å². The summed E-state index contributed by atoms with van der Waals surface area (Å²) < 4.78 is 0. The zero-order chi connectivity index (χ0) is 13.0. The van der Waals surface area contributed by atoms with Crippen LogP contribution in [0.5, 0.6) is 0 Å². The third kappa shape index (κ3) is 4.69. The number of hydrogen-bond donors (Lipinski definition) is 3. The maximum Gasteiger partial charge on any atom is 0.315 e. The van der Waals surface area contributed by atoms with Gasteiger partial charge < -0.3 is 15.7 Å². The summed E-state index contributed by atoms with van der Waals surface area (Å²) >= 11 is 0. The molecule has 0 bridgehead atoms. The van der Waals surface area contributed by atoms with E-state index in [2.05, 4.69) is 16.6 Å². The first-order valence-corrected chi connectivity index (χ1v) is 4.88. The molecule has 16 heavy (non-hydrogen) atoms. The molecule has 0 unspecified atom stereocenters. The van der Waals surface area contributed by atoms with Crippen LogP contribution in [0.2, 0.25) is 0 Å². The molecule has 0 aromatic rings. The molecule has 0 aliphatic heterocycles. The topological polar surface area (TPSA) is 78.4 Å². The van der Waals surface area contributed by atoms with Gasteiger partial charge in [0.1, 0.15) is 0 Å². The van der Waals surface area contributed by atoms with Crippen molar-refractivity contribution in [3.05, 3.63) is 0 Å². The summed E-state index contributed by atoms with van der Waals surface area (Å²) in [4.78, 5) is 22.1. The molecule has 2 amide bonds. The van der Waals surface area contributed by atoms with E-state index in [4.69, 9.17) is 11.5 Å². The maximum absolute atomic E-state index is 11.4. The van der Waals surface area contributed by atoms with Crippen molar-refractivity contribution in [2.24, 2.45) is 5.41 Å². The van der Waals surface area contributed by atoms with E-state index >= 15 is 0 Å². The molecule has 5 nitrogen and oxygen atoms in total. The van der Waals surface area contributed by atoms with Gasteiger partial charge in [-0.15, -0.1) is 6.42 Å². The van der Waals surface area contributed by atoms with Crippen LogP contribution in [0.1, 0.15) is 27.7 Å². The van der Waals surface area contributed by atoms with E-state index in [0.717, 1.165) is 0 Å². The third-order valence-corrected chi connectivity index (χ3v) is 2.06. The van der Waals surface area contributed by atoms with Crippen molar-refractivity contribution in [3.8, 4) is 12.3 Å². The van der Waals surface area contributed by atoms with Gasteiger partial charge in [0, 0.05) is 6.54 Å². The molecule has 0 saturated carbocycles. The molecule has 0 radical (unpaired) electrons. The molecule has 5 heteroatoms. The number of aliphatic carboxylic acids is 1. The van der Waals surface area contributed by atoms with Gasteiger partial charge >= 0.3 is 12.0 Å². The Morgan fingerprint density at radius 2 is 1.81 bits per heavy atom. The van der Waals surface area contributed by atoms with Crippen molar-refractivity contribution in [1.29, 1.82) is 0 Å². The molecule has 0 heterocycles. The quantitative estimate of drug-likeness (QED) is 0.621. The first-order valence-electron chi connectivity index (χ1n) is 4.88. The van der Waals surface area contributed by atoms with Crippen LogP contribution in [-0.4, -0.2) is 29.2 Å². The van der Waals surface area contributed by atoms with Crippen LogP contribution in [0.25, 0.3) is 0 Å². The van der Waals surface area contributed by atoms with Crippen molar-refractivity contribution < 1.29 is 14.7 Å². The van der Waals surface area contributed by atoms with Gasteiger partial charge in [-0.2, -0.15) is 0 Å². The number of rotatable bonds is 4. The van der Waals surface area contributed by atoms with Crippen LogP contribution in [0.3, 0.4) is 0 Å². The SMILES string of the molecule is C#CC(C)(C)NC(=O)NCC(C)(C)C(=O)O. The highest BCUT2D eigenvalue weighted by Crippen LogP contribution is 2.12. The van der Waals surface area contributed by atoms with Gasteiger partial charge in [-0.05, 0) is 27.7 Å². The normalized spacial score (nSPS) is 11.4. The smallest absolute Gasteiger partial charge is 0.315 e. The Hall–Kier alpha value is -1.70. The van der Waals surface area contributed by atoms with Crippen LogP contribution < -0.4 is 10.6 Å². The fourth-order valence-electron chi connectivity index (χ4n) is 0.741. The van der Waals surface area contributed by atoms with Gasteiger partial charge in [0.15, 0.2) is 0 Å². The first-order chi connectivity index (χ1) is 7.10. The summed E-state index contributed by atoms with van der Waals surface area (Å²) in [6.07, 6.45) is 5.20. The van der Waals surface area contributed by atoms with E-state index in [1.165, 1.54) is 13.8 Å². The summed E-state index contributed by atoms with van der Waals surface area (Å²) in [5.41, 5.74) is -1.75. The zero-order valence-corrected chi connectivity index (χ0v) is 10.0. The summed E-state index contributed by atoms with van der Waals surface area (Å²) in [5, 5.41) is 13.8. The van der Waals surface area contributed by atoms with Crippen LogP contribution in [0, 0.1) is 17.8 Å². The predicted molar refractivity (Wildman–Crippen MR) is 60.9 cm³/mol. The monoisotopic (exact) mass is 226 g/mol. The van der Waals surface area contributed by atoms with Crippen LogP contribution in [-0.2, 0) is 4.79 Å². The van der Waals surface area contributed by atoms with Crippen LogP contribution in [0.4, 0.5) is 4.79 Å². The summed E-state index contributed by atoms with van der Waals surface area (Å²) in [7, 11) is 0. The van der Waals surface area contributed by atoms with E-state index in [0.29, 0.717) is 0 Å². The van der Waals surface area contributed by atoms with Crippen molar-refractivity contribution in [1.82, 2.24) is 10.6 Å². The highest BCUT2D eigenvalue weighted by molar-refractivity contribution is 5.78. The highest BCUT2D eigenvalue weighted by Gasteiger charge is 2.28. The number of terminal acetylenes is 1. The lowest BCUT2D eigenvalue weighted by atomic mass is 9.94. The second kappa shape index (κ2) is 4.88. The third-order valence-electron chi connectivity index (χ3n) is 2.06. The summed E-state index contributed by atoms with van der Waals surface area (Å²) in [6, 6.07) is -0.475. The predicted octanol–water partition coefficient (Wildman–Crippen LogP) is 0.808. The Labute approximate surface area is 95.6 Å². The highest BCUT2D eigenvalue weighted by atomic mass is 16.4. The molecule has 0 aromatic heterocycles. The molecule has 0 aliphatic carbocycles. The average Bonchev–Trinajstić information content (AvgIpc) is 2.14. The van der Waals surface area contributed by atoms with Gasteiger partial charge in [-0.3, -0.25) is 4.79 Å². The Morgan fingerprint density at radius 1 is 1.31 bits per heavy atom. The largest absolute Gasteiger partial charge is 0.481 e. The van der Waals surface area contributed by atoms with E-state index < -0.39 is 23.0 Å². The minimum atomic E-state index is -1.00. The van der Waals surface area contributed by atoms with Gasteiger partial charge in [0.25, 0.3) is 0 Å². The van der Waals surface area contributed by atoms with Crippen molar-refractivity contribution in [2.45, 2.75) is 33.2 Å². The van der Waals surface area contributed by atoms with E-state index in [9.17, 15) is 9.59 Å². The first kappa shape index (κ1) is 14.3. The number of hydrogen-bond acceptors (Lipinski definition) is 2. The minimum Gasteiger partial charge on any atom is -0.481 e. The van der Waals surface area contributed by atoms with E-state index in [-0.39, 0.29) is 6.54 Å². The second-order valence-electron chi connectivity index (χ2n) is 4.77. The van der Waals surface area contributed by atoms with Gasteiger partial charge in [-0.1, -0.05) is 5.92 Å². The van der Waals surface area contributed by atoms with Crippen LogP contribution in [0.15, 0.2) is 0 Å². The molecule has 0 saturated heterocycles. The minimum absolute atomic E-state index is 0.0365. The summed E-state index contributed by atoms with van der Waals surface area (Å²) in [6.45, 7) is 6.45. The molecule has 0 atom stereocenters. The molecular weight excluding hydrogens is 208 g/mol. The number of carbonyl (C=O) groups excluding carboxylic acids is 1. The summed E-state index contributed by atoms with van der Waals surface area (Å²) in [5.74, 6) is 1.44. The number of amides is 2. The Balaban J connectivity index is 4.21. The molecule has 0 aromatic carbocycles. The van der Waals surface area contributed by atoms with Crippen molar-refractivity contribution in [2.75, 3.05) is 6.54 Å². The Morgan fingerprint density at radius 3 is 2.19 bits per heavy atom. The van der Waals surface area contributed by atoms with E-state index in [1.807, 2.05) is 0 Å². The second-order valence-corrected chi connectivity index (χ2v) is 4.77. The van der Waals surface area contributed by atoms with Crippen molar-refractivity contribution in [3.63, 3.8) is 0 Å². The molecule has 0 rings (SSSR count). The fraction of sp³-hybridized carbons (Fsp3) is 0.636. The molecule has 0 spiro atoms. The Kier molecular flexibility index (Phi) is 4.36. The van der Waals surface area contributed by atoms with Crippen molar-refractivity contribution >= 4 is 12.0 Å². The van der Waals surface area contributed by atoms with Gasteiger partial charge in [-0.25, -0.2) is 4.79 Å². The molecule has 0 aliphatic rings. The van der Waals surface area contributed by atoms with Crippen LogP contribution >= 0.6 is 0 Å². The lowest BCUT2D eigenvalue weighted by molar-refractivity contribution is -0.146. The standard InChI is InChI=1S/C11H18N2O3/c1-6-11(4,5)13-9(16)12-7-10(2,3)8(14)15/h1H,7H2,2-5H3,(H,14,15)(H2,12,13,16). The average molecular weight is 226 g/mol. The molecule has 3 N–H and O–H groups in total. The number of nitrogens with one attached hydrogen (secondary N) is 2. The maximum atomic E-state index is 11.4. The lowest BCUT2D eigenvalue weighted by Gasteiger charge is -2.23. The number of carbonyl (C=O) groups is 2. The molecule has 90 valence electrons. The molecular formula is C11H18N2O3. The number of urea groups is 1. The molecule has 0 fully saturated rings. The lowest BCUT2D eigenvalue weighted by Crippen LogP contribution is -2.50. The van der Waals surface area contributed by atoms with Gasteiger partial charge in [0.05, 0.1) is 11.0 Å². The fourth-order valence-corrected chi connectivity index (χ4v) is 0.741. The van der Waals surface area contributed by atoms with Gasteiger partial charge in [0.2, 0.25) is 0 Å². The number of carboxylic acids is 1. The number of carboxylic acid groups (broad SMARTS) is 1.